The number of piperidine rings is 1. The molecule has 3 rings (SSSR count). The van der Waals surface area contributed by atoms with Crippen LogP contribution < -0.4 is 10.2 Å². The Labute approximate surface area is 200 Å². The SMILES string of the molecule is C[C@@](O)(C(=O)Nc1ccc(S(=O)(=O)c2ccc(N3CCC(CO)CC3)cc2)cc1Cl)C(F)(F)F. The van der Waals surface area contributed by atoms with Crippen LogP contribution in [0.5, 0.6) is 0 Å². The lowest BCUT2D eigenvalue weighted by molar-refractivity contribution is -0.242. The summed E-state index contributed by atoms with van der Waals surface area (Å²) in [5, 5.41) is 20.3. The van der Waals surface area contributed by atoms with Crippen LogP contribution in [0.2, 0.25) is 5.02 Å². The number of aliphatic hydroxyl groups is 2. The Bertz CT molecular complexity index is 1150. The van der Waals surface area contributed by atoms with E-state index in [2.05, 4.69) is 4.90 Å². The number of halogens is 4. The molecule has 0 bridgehead atoms. The Kier molecular flexibility index (Phi) is 7.51. The van der Waals surface area contributed by atoms with Crippen molar-refractivity contribution >= 4 is 38.7 Å². The summed E-state index contributed by atoms with van der Waals surface area (Å²) in [6, 6.07) is 9.44. The molecule has 2 aromatic rings. The van der Waals surface area contributed by atoms with Crippen molar-refractivity contribution in [3.05, 3.63) is 47.5 Å². The molecule has 1 aliphatic rings. The van der Waals surface area contributed by atoms with Crippen LogP contribution in [0.1, 0.15) is 19.8 Å². The van der Waals surface area contributed by atoms with Gasteiger partial charge in [0.05, 0.1) is 20.5 Å². The smallest absolute Gasteiger partial charge is 0.396 e. The monoisotopic (exact) mass is 520 g/mol. The van der Waals surface area contributed by atoms with Gasteiger partial charge in [-0.15, -0.1) is 0 Å². The summed E-state index contributed by atoms with van der Waals surface area (Å²) in [7, 11) is -4.00. The average Bonchev–Trinajstić information content (AvgIpc) is 2.79. The number of carbonyl (C=O) groups excluding carboxylic acids is 1. The van der Waals surface area contributed by atoms with E-state index in [1.807, 2.05) is 5.32 Å². The van der Waals surface area contributed by atoms with E-state index in [0.717, 1.165) is 49.8 Å². The molecular weight excluding hydrogens is 497 g/mol. The highest BCUT2D eigenvalue weighted by atomic mass is 35.5. The molecule has 0 radical (unpaired) electrons. The Balaban J connectivity index is 1.77. The minimum Gasteiger partial charge on any atom is -0.396 e. The van der Waals surface area contributed by atoms with E-state index in [-0.39, 0.29) is 33.0 Å². The summed E-state index contributed by atoms with van der Waals surface area (Å²) in [5.74, 6) is -1.48. The maximum Gasteiger partial charge on any atom is 0.426 e. The molecule has 0 unspecified atom stereocenters. The van der Waals surface area contributed by atoms with Gasteiger partial charge < -0.3 is 20.4 Å². The van der Waals surface area contributed by atoms with Crippen molar-refractivity contribution in [2.24, 2.45) is 5.92 Å². The molecule has 1 aliphatic heterocycles. The highest BCUT2D eigenvalue weighted by Crippen LogP contribution is 2.34. The predicted molar refractivity (Wildman–Crippen MR) is 121 cm³/mol. The number of nitrogens with one attached hydrogen (secondary N) is 1. The van der Waals surface area contributed by atoms with Crippen molar-refractivity contribution in [1.29, 1.82) is 0 Å². The number of hydrogen-bond donors (Lipinski definition) is 3. The molecule has 1 heterocycles. The Morgan fingerprint density at radius 3 is 2.18 bits per heavy atom. The number of alkyl halides is 3. The van der Waals surface area contributed by atoms with E-state index >= 15 is 0 Å². The minimum atomic E-state index is -5.21. The van der Waals surface area contributed by atoms with Gasteiger partial charge in [-0.25, -0.2) is 8.42 Å². The quantitative estimate of drug-likeness (QED) is 0.537. The van der Waals surface area contributed by atoms with E-state index in [9.17, 15) is 36.6 Å². The van der Waals surface area contributed by atoms with Gasteiger partial charge in [0.2, 0.25) is 15.4 Å². The lowest BCUT2D eigenvalue weighted by Gasteiger charge is -2.32. The summed E-state index contributed by atoms with van der Waals surface area (Å²) in [5.41, 5.74) is -3.09. The van der Waals surface area contributed by atoms with Gasteiger partial charge in [0.1, 0.15) is 0 Å². The van der Waals surface area contributed by atoms with Crippen molar-refractivity contribution < 1.29 is 36.6 Å². The zero-order valence-corrected chi connectivity index (χ0v) is 19.7. The van der Waals surface area contributed by atoms with Crippen LogP contribution >= 0.6 is 11.6 Å². The third-order valence-electron chi connectivity index (χ3n) is 5.88. The minimum absolute atomic E-state index is 0.00523. The van der Waals surface area contributed by atoms with Crippen molar-refractivity contribution in [3.8, 4) is 0 Å². The average molecular weight is 521 g/mol. The van der Waals surface area contributed by atoms with Gasteiger partial charge in [0.15, 0.2) is 0 Å². The first-order valence-corrected chi connectivity index (χ1v) is 12.2. The van der Waals surface area contributed by atoms with E-state index in [1.54, 1.807) is 12.1 Å². The molecule has 2 aromatic carbocycles. The summed E-state index contributed by atoms with van der Waals surface area (Å²) < 4.78 is 64.5. The van der Waals surface area contributed by atoms with Crippen LogP contribution in [-0.4, -0.2) is 56.0 Å². The van der Waals surface area contributed by atoms with Crippen LogP contribution in [0.3, 0.4) is 0 Å². The number of rotatable bonds is 6. The number of benzene rings is 2. The first-order chi connectivity index (χ1) is 15.8. The van der Waals surface area contributed by atoms with E-state index in [0.29, 0.717) is 6.92 Å². The number of carbonyl (C=O) groups is 1. The van der Waals surface area contributed by atoms with E-state index in [4.69, 9.17) is 11.6 Å². The molecule has 186 valence electrons. The van der Waals surface area contributed by atoms with Crippen molar-refractivity contribution in [2.75, 3.05) is 29.9 Å². The molecule has 34 heavy (non-hydrogen) atoms. The van der Waals surface area contributed by atoms with Crippen molar-refractivity contribution in [3.63, 3.8) is 0 Å². The first-order valence-electron chi connectivity index (χ1n) is 10.4. The van der Waals surface area contributed by atoms with Gasteiger partial charge >= 0.3 is 6.18 Å². The van der Waals surface area contributed by atoms with Crippen LogP contribution in [0.15, 0.2) is 52.3 Å². The van der Waals surface area contributed by atoms with E-state index < -0.39 is 27.5 Å². The Morgan fingerprint density at radius 1 is 1.12 bits per heavy atom. The van der Waals surface area contributed by atoms with Crippen molar-refractivity contribution in [2.45, 2.75) is 41.3 Å². The zero-order valence-electron chi connectivity index (χ0n) is 18.1. The molecule has 1 atom stereocenters. The Morgan fingerprint density at radius 2 is 1.68 bits per heavy atom. The highest BCUT2D eigenvalue weighted by molar-refractivity contribution is 7.91. The van der Waals surface area contributed by atoms with Crippen molar-refractivity contribution in [1.82, 2.24) is 0 Å². The van der Waals surface area contributed by atoms with Crippen LogP contribution in [-0.2, 0) is 14.6 Å². The third kappa shape index (κ3) is 5.32. The maximum absolute atomic E-state index is 13.0. The fourth-order valence-electron chi connectivity index (χ4n) is 3.48. The topological polar surface area (TPSA) is 107 Å². The summed E-state index contributed by atoms with van der Waals surface area (Å²) in [4.78, 5) is 13.7. The second-order valence-corrected chi connectivity index (χ2v) is 10.6. The van der Waals surface area contributed by atoms with Crippen LogP contribution in [0.25, 0.3) is 0 Å². The number of amides is 1. The Hall–Kier alpha value is -2.34. The molecule has 0 aromatic heterocycles. The number of anilines is 2. The van der Waals surface area contributed by atoms with Gasteiger partial charge in [-0.05, 0) is 68.1 Å². The number of nitrogens with zero attached hydrogens (tertiary/aromatic N) is 1. The number of aliphatic hydroxyl groups excluding tert-OH is 1. The molecule has 1 amide bonds. The predicted octanol–water partition coefficient (Wildman–Crippen LogP) is 3.63. The lowest BCUT2D eigenvalue weighted by Crippen LogP contribution is -2.52. The van der Waals surface area contributed by atoms with Gasteiger partial charge in [0.25, 0.3) is 5.91 Å². The van der Waals surface area contributed by atoms with Gasteiger partial charge in [0, 0.05) is 25.4 Å². The second kappa shape index (κ2) is 9.73. The van der Waals surface area contributed by atoms with Crippen LogP contribution in [0.4, 0.5) is 24.5 Å². The van der Waals surface area contributed by atoms with Crippen LogP contribution in [0, 0.1) is 5.92 Å². The number of sulfone groups is 1. The van der Waals surface area contributed by atoms with E-state index in [1.165, 1.54) is 12.1 Å². The number of hydrogen-bond acceptors (Lipinski definition) is 6. The molecule has 7 nitrogen and oxygen atoms in total. The molecule has 3 N–H and O–H groups in total. The molecule has 0 aliphatic carbocycles. The molecule has 0 spiro atoms. The fourth-order valence-corrected chi connectivity index (χ4v) is 5.06. The largest absolute Gasteiger partial charge is 0.426 e. The summed E-state index contributed by atoms with van der Waals surface area (Å²) >= 11 is 6.02. The molecule has 1 fully saturated rings. The first kappa shape index (κ1) is 26.3. The lowest BCUT2D eigenvalue weighted by atomic mass is 9.97. The molecular formula is C22H24ClF3N2O5S. The maximum atomic E-state index is 13.0. The zero-order chi connectivity index (χ0) is 25.3. The fraction of sp³-hybridized carbons (Fsp3) is 0.409. The van der Waals surface area contributed by atoms with Gasteiger partial charge in [-0.2, -0.15) is 13.2 Å². The molecule has 12 heteroatoms. The third-order valence-corrected chi connectivity index (χ3v) is 7.96. The standard InChI is InChI=1S/C22H24ClF3N2O5S/c1-21(31,22(24,25)26)20(30)27-19-7-6-17(12-18(19)23)34(32,33)16-4-2-15(3-5-16)28-10-8-14(13-29)9-11-28/h2-7,12,14,29,31H,8-11,13H2,1H3,(H,27,30)/t21-/m1/s1. The second-order valence-electron chi connectivity index (χ2n) is 8.28. The summed E-state index contributed by atoms with van der Waals surface area (Å²) in [6.07, 6.45) is -3.53. The summed E-state index contributed by atoms with van der Waals surface area (Å²) in [6.45, 7) is 1.95. The van der Waals surface area contributed by atoms with Gasteiger partial charge in [-0.1, -0.05) is 11.6 Å². The molecule has 1 saturated heterocycles. The van der Waals surface area contributed by atoms with Gasteiger partial charge in [-0.3, -0.25) is 4.79 Å². The molecule has 0 saturated carbocycles. The highest BCUT2D eigenvalue weighted by Gasteiger charge is 2.55. The normalized spacial score (nSPS) is 17.3.